The quantitative estimate of drug-likeness (QED) is 0.654. The molecule has 2 aromatic rings. The van der Waals surface area contributed by atoms with Crippen LogP contribution in [0.25, 0.3) is 0 Å². The molecule has 0 aromatic heterocycles. The third kappa shape index (κ3) is 4.41. The summed E-state index contributed by atoms with van der Waals surface area (Å²) in [6.45, 7) is 2.10. The number of anilines is 1. The molecular formula is C27H30N2O3. The third-order valence-electron chi connectivity index (χ3n) is 7.25. The Hall–Kier alpha value is -3.13. The van der Waals surface area contributed by atoms with Crippen molar-refractivity contribution < 1.29 is 14.3 Å². The minimum absolute atomic E-state index is 0.00864. The Kier molecular flexibility index (Phi) is 6.60. The second-order valence-corrected chi connectivity index (χ2v) is 9.09. The molecule has 0 bridgehead atoms. The standard InChI is InChI=1S/C27H30N2O3/c1-17-5-3-8-24-22(17)6-4-7-23(26(24)30)18-9-11-19(12-10-18)27(31)29-21-13-14-25(32-2)20(15-21)16-28/h3,5,8,13-15,18-19,23H,4,6-7,9-12H2,1-2H3,(H,29,31). The molecule has 0 heterocycles. The van der Waals surface area contributed by atoms with E-state index in [1.54, 1.807) is 18.2 Å². The highest BCUT2D eigenvalue weighted by molar-refractivity contribution is 6.00. The fraction of sp³-hybridized carbons (Fsp3) is 0.444. The number of aryl methyl sites for hydroxylation is 1. The van der Waals surface area contributed by atoms with E-state index in [4.69, 9.17) is 4.74 Å². The topological polar surface area (TPSA) is 79.2 Å². The minimum Gasteiger partial charge on any atom is -0.495 e. The molecule has 1 fully saturated rings. The van der Waals surface area contributed by atoms with Crippen molar-refractivity contribution in [3.8, 4) is 11.8 Å². The molecule has 166 valence electrons. The highest BCUT2D eigenvalue weighted by Gasteiger charge is 2.36. The summed E-state index contributed by atoms with van der Waals surface area (Å²) in [6, 6.07) is 13.3. The summed E-state index contributed by atoms with van der Waals surface area (Å²) in [5, 5.41) is 12.2. The van der Waals surface area contributed by atoms with Gasteiger partial charge in [-0.3, -0.25) is 9.59 Å². The summed E-state index contributed by atoms with van der Waals surface area (Å²) in [6.07, 6.45) is 6.37. The van der Waals surface area contributed by atoms with E-state index in [1.807, 2.05) is 12.1 Å². The van der Waals surface area contributed by atoms with Gasteiger partial charge in [-0.2, -0.15) is 5.26 Å². The molecule has 0 spiro atoms. The van der Waals surface area contributed by atoms with Crippen LogP contribution in [0.3, 0.4) is 0 Å². The summed E-state index contributed by atoms with van der Waals surface area (Å²) in [4.78, 5) is 26.2. The van der Waals surface area contributed by atoms with E-state index in [1.165, 1.54) is 18.2 Å². The molecule has 5 nitrogen and oxygen atoms in total. The largest absolute Gasteiger partial charge is 0.495 e. The average molecular weight is 431 g/mol. The first-order chi connectivity index (χ1) is 15.5. The summed E-state index contributed by atoms with van der Waals surface area (Å²) in [5.41, 5.74) is 4.37. The molecule has 0 aliphatic heterocycles. The Balaban J connectivity index is 1.38. The van der Waals surface area contributed by atoms with Gasteiger partial charge >= 0.3 is 0 Å². The van der Waals surface area contributed by atoms with Crippen molar-refractivity contribution in [1.29, 1.82) is 5.26 Å². The number of hydrogen-bond acceptors (Lipinski definition) is 4. The SMILES string of the molecule is COc1ccc(NC(=O)C2CCC(C3CCCc4c(C)cccc4C3=O)CC2)cc1C#N. The zero-order chi connectivity index (χ0) is 22.7. The van der Waals surface area contributed by atoms with Gasteiger partial charge in [-0.1, -0.05) is 18.2 Å². The first-order valence-corrected chi connectivity index (χ1v) is 11.5. The van der Waals surface area contributed by atoms with Crippen molar-refractivity contribution in [2.24, 2.45) is 17.8 Å². The lowest BCUT2D eigenvalue weighted by Gasteiger charge is -2.32. The Morgan fingerprint density at radius 3 is 2.62 bits per heavy atom. The molecule has 0 radical (unpaired) electrons. The number of fused-ring (bicyclic) bond motifs is 1. The third-order valence-corrected chi connectivity index (χ3v) is 7.25. The van der Waals surface area contributed by atoms with Crippen LogP contribution in [-0.2, 0) is 11.2 Å². The van der Waals surface area contributed by atoms with E-state index < -0.39 is 0 Å². The van der Waals surface area contributed by atoms with Crippen molar-refractivity contribution in [2.75, 3.05) is 12.4 Å². The molecule has 1 amide bonds. The van der Waals surface area contributed by atoms with Gasteiger partial charge in [0.15, 0.2) is 5.78 Å². The van der Waals surface area contributed by atoms with Crippen LogP contribution in [0.4, 0.5) is 5.69 Å². The normalized spacial score (nSPS) is 22.9. The number of methoxy groups -OCH3 is 1. The molecule has 1 unspecified atom stereocenters. The molecule has 1 saturated carbocycles. The monoisotopic (exact) mass is 430 g/mol. The Morgan fingerprint density at radius 2 is 1.91 bits per heavy atom. The Labute approximate surface area is 189 Å². The molecule has 1 atom stereocenters. The van der Waals surface area contributed by atoms with Gasteiger partial charge in [0.25, 0.3) is 0 Å². The van der Waals surface area contributed by atoms with E-state index in [-0.39, 0.29) is 17.7 Å². The molecule has 5 heteroatoms. The summed E-state index contributed by atoms with van der Waals surface area (Å²) in [5.74, 6) is 1.15. The van der Waals surface area contributed by atoms with E-state index in [9.17, 15) is 14.9 Å². The zero-order valence-corrected chi connectivity index (χ0v) is 18.8. The summed E-state index contributed by atoms with van der Waals surface area (Å²) >= 11 is 0. The molecule has 1 N–H and O–H groups in total. The number of rotatable bonds is 4. The van der Waals surface area contributed by atoms with Gasteiger partial charge in [0, 0.05) is 23.1 Å². The lowest BCUT2D eigenvalue weighted by atomic mass is 9.72. The van der Waals surface area contributed by atoms with Crippen molar-refractivity contribution in [3.63, 3.8) is 0 Å². The van der Waals surface area contributed by atoms with Gasteiger partial charge in [-0.25, -0.2) is 0 Å². The number of nitrogens with zero attached hydrogens (tertiary/aromatic N) is 1. The molecule has 4 rings (SSSR count). The molecular weight excluding hydrogens is 400 g/mol. The highest BCUT2D eigenvalue weighted by atomic mass is 16.5. The van der Waals surface area contributed by atoms with Gasteiger partial charge in [0.05, 0.1) is 12.7 Å². The molecule has 2 aliphatic rings. The van der Waals surface area contributed by atoms with Crippen LogP contribution < -0.4 is 10.1 Å². The van der Waals surface area contributed by atoms with Crippen LogP contribution in [0.5, 0.6) is 5.75 Å². The molecule has 0 saturated heterocycles. The zero-order valence-electron chi connectivity index (χ0n) is 18.8. The number of Topliss-reactive ketones (excluding diaryl/α,β-unsaturated/α-hetero) is 1. The van der Waals surface area contributed by atoms with Gasteiger partial charge in [-0.05, 0) is 87.1 Å². The number of nitriles is 1. The number of ketones is 1. The summed E-state index contributed by atoms with van der Waals surface area (Å²) in [7, 11) is 1.52. The van der Waals surface area contributed by atoms with Crippen molar-refractivity contribution in [2.45, 2.75) is 51.9 Å². The Morgan fingerprint density at radius 1 is 1.12 bits per heavy atom. The second kappa shape index (κ2) is 9.56. The fourth-order valence-electron chi connectivity index (χ4n) is 5.45. The number of amides is 1. The summed E-state index contributed by atoms with van der Waals surface area (Å²) < 4.78 is 5.17. The number of benzene rings is 2. The predicted octanol–water partition coefficient (Wildman–Crippen LogP) is 5.46. The lowest BCUT2D eigenvalue weighted by molar-refractivity contribution is -0.121. The molecule has 32 heavy (non-hydrogen) atoms. The van der Waals surface area contributed by atoms with Crippen LogP contribution in [0.15, 0.2) is 36.4 Å². The average Bonchev–Trinajstić information content (AvgIpc) is 2.99. The van der Waals surface area contributed by atoms with Crippen LogP contribution in [0, 0.1) is 36.0 Å². The fourth-order valence-corrected chi connectivity index (χ4v) is 5.45. The molecule has 2 aliphatic carbocycles. The number of carbonyl (C=O) groups is 2. The van der Waals surface area contributed by atoms with Gasteiger partial charge in [0.2, 0.25) is 5.91 Å². The van der Waals surface area contributed by atoms with E-state index in [0.717, 1.165) is 50.5 Å². The number of hydrogen-bond donors (Lipinski definition) is 1. The minimum atomic E-state index is -0.0608. The maximum absolute atomic E-state index is 13.3. The Bertz CT molecular complexity index is 1060. The van der Waals surface area contributed by atoms with Gasteiger partial charge in [-0.15, -0.1) is 0 Å². The van der Waals surface area contributed by atoms with E-state index in [2.05, 4.69) is 24.4 Å². The van der Waals surface area contributed by atoms with Crippen LogP contribution >= 0.6 is 0 Å². The second-order valence-electron chi connectivity index (χ2n) is 9.09. The smallest absolute Gasteiger partial charge is 0.227 e. The van der Waals surface area contributed by atoms with Crippen LogP contribution in [0.1, 0.15) is 65.6 Å². The predicted molar refractivity (Wildman–Crippen MR) is 124 cm³/mol. The maximum Gasteiger partial charge on any atom is 0.227 e. The lowest BCUT2D eigenvalue weighted by Crippen LogP contribution is -2.32. The molecule has 2 aromatic carbocycles. The van der Waals surface area contributed by atoms with Crippen LogP contribution in [-0.4, -0.2) is 18.8 Å². The van der Waals surface area contributed by atoms with E-state index >= 15 is 0 Å². The number of ether oxygens (including phenoxy) is 1. The van der Waals surface area contributed by atoms with Gasteiger partial charge < -0.3 is 10.1 Å². The van der Waals surface area contributed by atoms with Crippen molar-refractivity contribution >= 4 is 17.4 Å². The first kappa shape index (κ1) is 22.1. The highest BCUT2D eigenvalue weighted by Crippen LogP contribution is 2.39. The van der Waals surface area contributed by atoms with Crippen molar-refractivity contribution in [1.82, 2.24) is 0 Å². The number of nitrogens with one attached hydrogen (secondary N) is 1. The van der Waals surface area contributed by atoms with Crippen molar-refractivity contribution in [3.05, 3.63) is 58.7 Å². The van der Waals surface area contributed by atoms with Gasteiger partial charge in [0.1, 0.15) is 11.8 Å². The van der Waals surface area contributed by atoms with Crippen LogP contribution in [0.2, 0.25) is 0 Å². The number of carbonyl (C=O) groups excluding carboxylic acids is 2. The maximum atomic E-state index is 13.3. The first-order valence-electron chi connectivity index (χ1n) is 11.5. The van der Waals surface area contributed by atoms with E-state index in [0.29, 0.717) is 28.7 Å².